The maximum atomic E-state index is 4.50. The van der Waals surface area contributed by atoms with Crippen molar-refractivity contribution in [3.63, 3.8) is 0 Å². The van der Waals surface area contributed by atoms with Gasteiger partial charge < -0.3 is 5.32 Å². The highest BCUT2D eigenvalue weighted by molar-refractivity contribution is 5.47. The summed E-state index contributed by atoms with van der Waals surface area (Å²) in [7, 11) is 0. The highest BCUT2D eigenvalue weighted by Crippen LogP contribution is 2.45. The number of anilines is 1. The molecular weight excluding hydrogens is 246 g/mol. The second-order valence-electron chi connectivity index (χ2n) is 6.31. The molecule has 1 unspecified atom stereocenters. The van der Waals surface area contributed by atoms with Crippen LogP contribution in [0.5, 0.6) is 0 Å². The summed E-state index contributed by atoms with van der Waals surface area (Å²) in [4.78, 5) is 8.83. The summed E-state index contributed by atoms with van der Waals surface area (Å²) in [5.74, 6) is 1.74. The molecule has 1 aromatic heterocycles. The van der Waals surface area contributed by atoms with Crippen molar-refractivity contribution in [3.8, 4) is 0 Å². The van der Waals surface area contributed by atoms with E-state index in [4.69, 9.17) is 0 Å². The fourth-order valence-electron chi connectivity index (χ4n) is 3.25. The lowest BCUT2D eigenvalue weighted by Crippen LogP contribution is -2.15. The van der Waals surface area contributed by atoms with E-state index in [1.807, 2.05) is 19.9 Å². The monoisotopic (exact) mass is 267 g/mol. The van der Waals surface area contributed by atoms with Crippen molar-refractivity contribution < 1.29 is 0 Å². The summed E-state index contributed by atoms with van der Waals surface area (Å²) in [6, 6.07) is 11.1. The van der Waals surface area contributed by atoms with Crippen molar-refractivity contribution in [2.75, 3.05) is 5.32 Å². The number of hydrogen-bond acceptors (Lipinski definition) is 3. The summed E-state index contributed by atoms with van der Waals surface area (Å²) < 4.78 is 0. The molecule has 0 radical (unpaired) electrons. The van der Waals surface area contributed by atoms with E-state index in [0.29, 0.717) is 6.04 Å². The number of nitrogens with one attached hydrogen (secondary N) is 1. The van der Waals surface area contributed by atoms with Gasteiger partial charge in [0.05, 0.1) is 6.04 Å². The van der Waals surface area contributed by atoms with Gasteiger partial charge in [-0.15, -0.1) is 0 Å². The molecule has 1 heterocycles. The molecular formula is C17H21N3. The fraction of sp³-hybridized carbons (Fsp3) is 0.412. The van der Waals surface area contributed by atoms with E-state index < -0.39 is 0 Å². The van der Waals surface area contributed by atoms with Crippen LogP contribution >= 0.6 is 0 Å². The van der Waals surface area contributed by atoms with Gasteiger partial charge in [-0.25, -0.2) is 9.97 Å². The van der Waals surface area contributed by atoms with Crippen LogP contribution < -0.4 is 5.32 Å². The standard InChI is InChI=1S/C17H21N3/c1-11-9-16(19-12(2)18-11)20-15-10-17(3,4)14-8-6-5-7-13(14)15/h5-9,15H,10H2,1-4H3,(H,18,19,20). The number of nitrogens with zero attached hydrogens (tertiary/aromatic N) is 2. The molecule has 0 saturated heterocycles. The molecule has 104 valence electrons. The molecule has 2 aromatic rings. The Bertz CT molecular complexity index is 626. The normalized spacial score (nSPS) is 19.7. The van der Waals surface area contributed by atoms with Crippen LogP contribution in [0.3, 0.4) is 0 Å². The third-order valence-electron chi connectivity index (χ3n) is 4.07. The van der Waals surface area contributed by atoms with Crippen molar-refractivity contribution >= 4 is 5.82 Å². The van der Waals surface area contributed by atoms with E-state index in [2.05, 4.69) is 53.4 Å². The lowest BCUT2D eigenvalue weighted by molar-refractivity contribution is 0.493. The highest BCUT2D eigenvalue weighted by atomic mass is 15.1. The largest absolute Gasteiger partial charge is 0.363 e. The van der Waals surface area contributed by atoms with E-state index in [-0.39, 0.29) is 5.41 Å². The molecule has 1 atom stereocenters. The van der Waals surface area contributed by atoms with Crippen LogP contribution in [-0.4, -0.2) is 9.97 Å². The second kappa shape index (κ2) is 4.58. The predicted octanol–water partition coefficient (Wildman–Crippen LogP) is 3.93. The second-order valence-corrected chi connectivity index (χ2v) is 6.31. The molecule has 0 spiro atoms. The van der Waals surface area contributed by atoms with Crippen LogP contribution in [0, 0.1) is 13.8 Å². The minimum atomic E-state index is 0.214. The summed E-state index contributed by atoms with van der Waals surface area (Å²) in [5, 5.41) is 3.58. The third-order valence-corrected chi connectivity index (χ3v) is 4.07. The van der Waals surface area contributed by atoms with E-state index in [9.17, 15) is 0 Å². The molecule has 3 nitrogen and oxygen atoms in total. The lowest BCUT2D eigenvalue weighted by Gasteiger charge is -2.20. The van der Waals surface area contributed by atoms with Gasteiger partial charge in [-0.05, 0) is 36.8 Å². The summed E-state index contributed by atoms with van der Waals surface area (Å²) in [6.45, 7) is 8.56. The zero-order chi connectivity index (χ0) is 14.3. The first kappa shape index (κ1) is 13.1. The van der Waals surface area contributed by atoms with Gasteiger partial charge in [0.2, 0.25) is 0 Å². The molecule has 3 rings (SSSR count). The third kappa shape index (κ3) is 2.28. The van der Waals surface area contributed by atoms with E-state index in [1.165, 1.54) is 11.1 Å². The molecule has 0 saturated carbocycles. The average molecular weight is 267 g/mol. The summed E-state index contributed by atoms with van der Waals surface area (Å²) >= 11 is 0. The van der Waals surface area contributed by atoms with E-state index in [1.54, 1.807) is 0 Å². The maximum absolute atomic E-state index is 4.50. The topological polar surface area (TPSA) is 37.8 Å². The van der Waals surface area contributed by atoms with Crippen LogP contribution in [0.25, 0.3) is 0 Å². The van der Waals surface area contributed by atoms with Crippen LogP contribution in [0.4, 0.5) is 5.82 Å². The Morgan fingerprint density at radius 2 is 1.90 bits per heavy atom. The van der Waals surface area contributed by atoms with Gasteiger partial charge in [-0.2, -0.15) is 0 Å². The van der Waals surface area contributed by atoms with Gasteiger partial charge in [-0.3, -0.25) is 0 Å². The zero-order valence-electron chi connectivity index (χ0n) is 12.6. The minimum Gasteiger partial charge on any atom is -0.363 e. The predicted molar refractivity (Wildman–Crippen MR) is 82.0 cm³/mol. The Balaban J connectivity index is 1.93. The Labute approximate surface area is 120 Å². The smallest absolute Gasteiger partial charge is 0.130 e. The summed E-state index contributed by atoms with van der Waals surface area (Å²) in [5.41, 5.74) is 4.06. The molecule has 0 amide bonds. The van der Waals surface area contributed by atoms with Gasteiger partial charge in [0.25, 0.3) is 0 Å². The SMILES string of the molecule is Cc1cc(NC2CC(C)(C)c3ccccc32)nc(C)n1. The molecule has 3 heteroatoms. The van der Waals surface area contributed by atoms with Crippen molar-refractivity contribution in [2.24, 2.45) is 0 Å². The number of aryl methyl sites for hydroxylation is 2. The van der Waals surface area contributed by atoms with Gasteiger partial charge in [0.15, 0.2) is 0 Å². The van der Waals surface area contributed by atoms with Crippen LogP contribution in [-0.2, 0) is 5.41 Å². The molecule has 0 fully saturated rings. The average Bonchev–Trinajstić information content (AvgIpc) is 2.60. The highest BCUT2D eigenvalue weighted by Gasteiger charge is 2.36. The number of benzene rings is 1. The van der Waals surface area contributed by atoms with Gasteiger partial charge in [0, 0.05) is 11.8 Å². The Kier molecular flexibility index (Phi) is 3.00. The molecule has 1 N–H and O–H groups in total. The molecule has 1 aliphatic rings. The van der Waals surface area contributed by atoms with Crippen molar-refractivity contribution in [3.05, 3.63) is 53.0 Å². The van der Waals surface area contributed by atoms with Gasteiger partial charge >= 0.3 is 0 Å². The van der Waals surface area contributed by atoms with Crippen molar-refractivity contribution in [1.82, 2.24) is 9.97 Å². The van der Waals surface area contributed by atoms with Crippen LogP contribution in [0.1, 0.15) is 49.0 Å². The van der Waals surface area contributed by atoms with Crippen LogP contribution in [0.15, 0.2) is 30.3 Å². The first-order valence-electron chi connectivity index (χ1n) is 7.14. The van der Waals surface area contributed by atoms with Crippen molar-refractivity contribution in [1.29, 1.82) is 0 Å². The van der Waals surface area contributed by atoms with Gasteiger partial charge in [-0.1, -0.05) is 38.1 Å². The number of fused-ring (bicyclic) bond motifs is 1. The zero-order valence-corrected chi connectivity index (χ0v) is 12.6. The Morgan fingerprint density at radius 1 is 1.15 bits per heavy atom. The molecule has 1 aliphatic carbocycles. The number of hydrogen-bond donors (Lipinski definition) is 1. The van der Waals surface area contributed by atoms with Gasteiger partial charge in [0.1, 0.15) is 11.6 Å². The van der Waals surface area contributed by atoms with E-state index in [0.717, 1.165) is 23.8 Å². The molecule has 20 heavy (non-hydrogen) atoms. The minimum absolute atomic E-state index is 0.214. The maximum Gasteiger partial charge on any atom is 0.130 e. The lowest BCUT2D eigenvalue weighted by atomic mass is 9.86. The van der Waals surface area contributed by atoms with Crippen LogP contribution in [0.2, 0.25) is 0 Å². The first-order valence-corrected chi connectivity index (χ1v) is 7.14. The molecule has 1 aromatic carbocycles. The number of aromatic nitrogens is 2. The molecule has 0 bridgehead atoms. The number of rotatable bonds is 2. The molecule has 0 aliphatic heterocycles. The summed E-state index contributed by atoms with van der Waals surface area (Å²) in [6.07, 6.45) is 1.09. The Morgan fingerprint density at radius 3 is 2.65 bits per heavy atom. The Hall–Kier alpha value is -1.90. The first-order chi connectivity index (χ1) is 9.45. The quantitative estimate of drug-likeness (QED) is 0.896. The van der Waals surface area contributed by atoms with E-state index >= 15 is 0 Å². The fourth-order valence-corrected chi connectivity index (χ4v) is 3.25. The van der Waals surface area contributed by atoms with Crippen molar-refractivity contribution in [2.45, 2.75) is 45.6 Å².